The Morgan fingerprint density at radius 3 is 2.40 bits per heavy atom. The first-order chi connectivity index (χ1) is 13.4. The van der Waals surface area contributed by atoms with Crippen LogP contribution in [0.25, 0.3) is 0 Å². The van der Waals surface area contributed by atoms with Crippen molar-refractivity contribution in [3.05, 3.63) is 35.4 Å². The van der Waals surface area contributed by atoms with Gasteiger partial charge in [0, 0.05) is 37.2 Å². The molecule has 1 aromatic carbocycles. The third kappa shape index (κ3) is 7.12. The maximum atomic E-state index is 12.7. The molecule has 2 amide bonds. The van der Waals surface area contributed by atoms with Crippen molar-refractivity contribution in [1.82, 2.24) is 15.5 Å². The minimum atomic E-state index is -0.0795. The van der Waals surface area contributed by atoms with Crippen LogP contribution in [-0.4, -0.2) is 49.9 Å². The third-order valence-electron chi connectivity index (χ3n) is 6.28. The lowest BCUT2D eigenvalue weighted by Crippen LogP contribution is -2.49. The highest BCUT2D eigenvalue weighted by Gasteiger charge is 2.40. The lowest BCUT2D eigenvalue weighted by molar-refractivity contribution is -0.128. The van der Waals surface area contributed by atoms with Crippen LogP contribution < -0.4 is 16.4 Å². The molecule has 0 saturated heterocycles. The zero-order valence-electron chi connectivity index (χ0n) is 17.9. The molecular formula is C22H36Cl2N4O2. The molecule has 0 aromatic heterocycles. The molecule has 0 aliphatic heterocycles. The molecule has 30 heavy (non-hydrogen) atoms. The van der Waals surface area contributed by atoms with Crippen LogP contribution in [0, 0.1) is 17.8 Å². The number of likely N-dealkylation sites (N-methyl/N-ethyl adjacent to an activating group) is 1. The van der Waals surface area contributed by atoms with Gasteiger partial charge in [0.25, 0.3) is 5.91 Å². The molecule has 2 fully saturated rings. The van der Waals surface area contributed by atoms with Gasteiger partial charge in [0.05, 0.1) is 0 Å². The lowest BCUT2D eigenvalue weighted by atomic mass is 9.65. The summed E-state index contributed by atoms with van der Waals surface area (Å²) < 4.78 is 0. The van der Waals surface area contributed by atoms with Gasteiger partial charge in [0.1, 0.15) is 0 Å². The number of fused-ring (bicyclic) bond motifs is 2. The van der Waals surface area contributed by atoms with Crippen molar-refractivity contribution in [3.8, 4) is 0 Å². The molecule has 170 valence electrons. The Morgan fingerprint density at radius 2 is 1.77 bits per heavy atom. The van der Waals surface area contributed by atoms with Crippen LogP contribution in [0.5, 0.6) is 0 Å². The number of amides is 2. The first-order valence-electron chi connectivity index (χ1n) is 10.5. The second kappa shape index (κ2) is 12.5. The summed E-state index contributed by atoms with van der Waals surface area (Å²) in [5, 5.41) is 6.00. The van der Waals surface area contributed by atoms with Gasteiger partial charge in [-0.25, -0.2) is 0 Å². The minimum Gasteiger partial charge on any atom is -0.352 e. The smallest absolute Gasteiger partial charge is 0.251 e. The van der Waals surface area contributed by atoms with Gasteiger partial charge in [0.2, 0.25) is 5.91 Å². The highest BCUT2D eigenvalue weighted by atomic mass is 35.5. The van der Waals surface area contributed by atoms with E-state index < -0.39 is 0 Å². The summed E-state index contributed by atoms with van der Waals surface area (Å²) in [6.45, 7) is 1.86. The quantitative estimate of drug-likeness (QED) is 0.585. The van der Waals surface area contributed by atoms with Crippen molar-refractivity contribution in [1.29, 1.82) is 0 Å². The monoisotopic (exact) mass is 458 g/mol. The van der Waals surface area contributed by atoms with Crippen LogP contribution in [0.4, 0.5) is 0 Å². The Bertz CT molecular complexity index is 687. The fourth-order valence-corrected chi connectivity index (χ4v) is 4.65. The van der Waals surface area contributed by atoms with E-state index in [4.69, 9.17) is 5.73 Å². The fourth-order valence-electron chi connectivity index (χ4n) is 4.65. The Labute approximate surface area is 192 Å². The van der Waals surface area contributed by atoms with E-state index in [-0.39, 0.29) is 48.6 Å². The second-order valence-electron chi connectivity index (χ2n) is 8.67. The highest BCUT2D eigenvalue weighted by Crippen LogP contribution is 2.41. The van der Waals surface area contributed by atoms with E-state index in [0.717, 1.165) is 37.8 Å². The lowest BCUT2D eigenvalue weighted by Gasteiger charge is -2.43. The average Bonchev–Trinajstić information content (AvgIpc) is 2.65. The summed E-state index contributed by atoms with van der Waals surface area (Å²) in [5.74, 6) is 1.12. The Kier molecular flexibility index (Phi) is 11.1. The van der Waals surface area contributed by atoms with Crippen molar-refractivity contribution in [2.45, 2.75) is 44.7 Å². The van der Waals surface area contributed by atoms with Gasteiger partial charge >= 0.3 is 0 Å². The molecule has 3 rings (SSSR count). The molecule has 1 aromatic rings. The van der Waals surface area contributed by atoms with E-state index >= 15 is 0 Å². The number of carbonyl (C=O) groups excluding carboxylic acids is 2. The maximum Gasteiger partial charge on any atom is 0.251 e. The van der Waals surface area contributed by atoms with Crippen molar-refractivity contribution < 1.29 is 9.59 Å². The van der Waals surface area contributed by atoms with E-state index in [9.17, 15) is 9.59 Å². The number of benzene rings is 1. The number of carbonyl (C=O) groups is 2. The summed E-state index contributed by atoms with van der Waals surface area (Å²) in [7, 11) is 3.95. The van der Waals surface area contributed by atoms with Crippen molar-refractivity contribution >= 4 is 36.6 Å². The second-order valence-corrected chi connectivity index (χ2v) is 8.67. The van der Waals surface area contributed by atoms with Gasteiger partial charge in [0.15, 0.2) is 0 Å². The van der Waals surface area contributed by atoms with Crippen LogP contribution in [0.15, 0.2) is 24.3 Å². The third-order valence-corrected chi connectivity index (χ3v) is 6.28. The molecule has 0 spiro atoms. The van der Waals surface area contributed by atoms with Crippen molar-refractivity contribution in [3.63, 3.8) is 0 Å². The summed E-state index contributed by atoms with van der Waals surface area (Å²) in [6.07, 6.45) is 5.40. The largest absolute Gasteiger partial charge is 0.352 e. The van der Waals surface area contributed by atoms with Gasteiger partial charge in [-0.05, 0) is 69.3 Å². The van der Waals surface area contributed by atoms with Gasteiger partial charge in [-0.2, -0.15) is 0 Å². The van der Waals surface area contributed by atoms with E-state index in [2.05, 4.69) is 10.6 Å². The van der Waals surface area contributed by atoms with Gasteiger partial charge < -0.3 is 21.3 Å². The summed E-state index contributed by atoms with van der Waals surface area (Å²) in [4.78, 5) is 27.0. The standard InChI is InChI=1S/C22H34N4O2.2ClH/c1-26(2)10-9-24-21(27)18-8-3-5-15(11-18)14-25-22(28)19-12-16-6-4-7-17(13-19)20(16)23;;/h3,5,8,11,16-17,19-20H,4,6-7,9-10,12-14,23H2,1-2H3,(H,24,27)(H,25,28);2*1H. The average molecular weight is 459 g/mol. The molecule has 2 aliphatic rings. The normalized spacial score (nSPS) is 24.9. The summed E-state index contributed by atoms with van der Waals surface area (Å²) >= 11 is 0. The Hall–Kier alpha value is -1.34. The number of nitrogens with one attached hydrogen (secondary N) is 2. The van der Waals surface area contributed by atoms with Crippen LogP contribution in [-0.2, 0) is 11.3 Å². The zero-order valence-corrected chi connectivity index (χ0v) is 19.6. The SMILES string of the molecule is CN(C)CCNC(=O)c1cccc(CNC(=O)C2CC3CCCC(C2)C3N)c1.Cl.Cl. The van der Waals surface area contributed by atoms with Gasteiger partial charge in [-0.15, -0.1) is 24.8 Å². The molecule has 0 heterocycles. The Morgan fingerprint density at radius 1 is 1.10 bits per heavy atom. The number of nitrogens with zero attached hydrogens (tertiary/aromatic N) is 1. The number of hydrogen-bond acceptors (Lipinski definition) is 4. The van der Waals surface area contributed by atoms with E-state index in [1.807, 2.05) is 37.2 Å². The molecule has 0 radical (unpaired) electrons. The molecule has 2 bridgehead atoms. The molecule has 4 N–H and O–H groups in total. The predicted molar refractivity (Wildman–Crippen MR) is 125 cm³/mol. The first-order valence-corrected chi connectivity index (χ1v) is 10.5. The van der Waals surface area contributed by atoms with E-state index in [1.165, 1.54) is 6.42 Å². The topological polar surface area (TPSA) is 87.5 Å². The number of hydrogen-bond donors (Lipinski definition) is 3. The highest BCUT2D eigenvalue weighted by molar-refractivity contribution is 5.94. The maximum absolute atomic E-state index is 12.7. The molecule has 2 saturated carbocycles. The van der Waals surface area contributed by atoms with Crippen LogP contribution in [0.1, 0.15) is 48.0 Å². The molecule has 2 atom stereocenters. The number of halogens is 2. The number of rotatable bonds is 7. The summed E-state index contributed by atoms with van der Waals surface area (Å²) in [6, 6.07) is 7.76. The van der Waals surface area contributed by atoms with Crippen LogP contribution in [0.3, 0.4) is 0 Å². The predicted octanol–water partition coefficient (Wildman–Crippen LogP) is 2.59. The van der Waals surface area contributed by atoms with Crippen molar-refractivity contribution in [2.24, 2.45) is 23.5 Å². The van der Waals surface area contributed by atoms with Crippen LogP contribution in [0.2, 0.25) is 0 Å². The minimum absolute atomic E-state index is 0. The molecule has 6 nitrogen and oxygen atoms in total. The first kappa shape index (κ1) is 26.7. The molecular weight excluding hydrogens is 423 g/mol. The zero-order chi connectivity index (χ0) is 20.1. The van der Waals surface area contributed by atoms with Gasteiger partial charge in [-0.1, -0.05) is 18.6 Å². The fraction of sp³-hybridized carbons (Fsp3) is 0.636. The van der Waals surface area contributed by atoms with Crippen molar-refractivity contribution in [2.75, 3.05) is 27.2 Å². The Balaban J connectivity index is 0.00000225. The molecule has 2 aliphatic carbocycles. The van der Waals surface area contributed by atoms with E-state index in [0.29, 0.717) is 30.5 Å². The van der Waals surface area contributed by atoms with Gasteiger partial charge in [-0.3, -0.25) is 9.59 Å². The van der Waals surface area contributed by atoms with E-state index in [1.54, 1.807) is 6.07 Å². The van der Waals surface area contributed by atoms with Crippen LogP contribution >= 0.6 is 24.8 Å². The summed E-state index contributed by atoms with van der Waals surface area (Å²) in [5.41, 5.74) is 7.91. The number of nitrogens with two attached hydrogens (primary N) is 1. The molecule has 2 unspecified atom stereocenters. The molecule has 8 heteroatoms.